The molecule has 0 unspecified atom stereocenters. The molecule has 3 rings (SSSR count). The summed E-state index contributed by atoms with van der Waals surface area (Å²) < 4.78 is 27.7. The van der Waals surface area contributed by atoms with E-state index < -0.39 is 47.5 Å². The maximum absolute atomic E-state index is 13.9. The highest BCUT2D eigenvalue weighted by Gasteiger charge is 2.32. The number of carboxylic acids is 1. The summed E-state index contributed by atoms with van der Waals surface area (Å²) in [4.78, 5) is 24.5. The van der Waals surface area contributed by atoms with E-state index in [0.29, 0.717) is 11.1 Å². The Balaban J connectivity index is 1.92. The SMILES string of the molecule is O=C(Cc1c(F)cccc1F)N[C@H](C(=O)O)C(c1ccccc1)c1ccccc1. The van der Waals surface area contributed by atoms with Gasteiger partial charge in [-0.05, 0) is 23.3 Å². The minimum Gasteiger partial charge on any atom is -0.480 e. The topological polar surface area (TPSA) is 66.4 Å². The van der Waals surface area contributed by atoms with Gasteiger partial charge in [0.05, 0.1) is 6.42 Å². The van der Waals surface area contributed by atoms with Crippen molar-refractivity contribution in [2.45, 2.75) is 18.4 Å². The molecule has 0 aliphatic rings. The van der Waals surface area contributed by atoms with Crippen molar-refractivity contribution in [2.24, 2.45) is 0 Å². The number of hydrogen-bond donors (Lipinski definition) is 2. The van der Waals surface area contributed by atoms with Crippen LogP contribution in [0.1, 0.15) is 22.6 Å². The van der Waals surface area contributed by atoms with E-state index in [0.717, 1.165) is 12.1 Å². The molecule has 3 aromatic carbocycles. The number of halogens is 2. The van der Waals surface area contributed by atoms with Gasteiger partial charge in [0.15, 0.2) is 0 Å². The molecule has 0 aliphatic carbocycles. The molecule has 148 valence electrons. The highest BCUT2D eigenvalue weighted by atomic mass is 19.1. The molecule has 1 atom stereocenters. The Hall–Kier alpha value is -3.54. The highest BCUT2D eigenvalue weighted by molar-refractivity contribution is 5.86. The second-order valence-corrected chi connectivity index (χ2v) is 6.56. The summed E-state index contributed by atoms with van der Waals surface area (Å²) in [6.07, 6.45) is -0.599. The molecule has 0 bridgehead atoms. The molecule has 0 spiro atoms. The first kappa shape index (κ1) is 20.2. The van der Waals surface area contributed by atoms with Gasteiger partial charge in [-0.15, -0.1) is 0 Å². The zero-order valence-corrected chi connectivity index (χ0v) is 15.4. The van der Waals surface area contributed by atoms with Gasteiger partial charge in [0.25, 0.3) is 0 Å². The minimum absolute atomic E-state index is 0.398. The van der Waals surface area contributed by atoms with Gasteiger partial charge in [-0.2, -0.15) is 0 Å². The third-order valence-corrected chi connectivity index (χ3v) is 4.63. The number of benzene rings is 3. The Morgan fingerprint density at radius 3 is 1.72 bits per heavy atom. The molecular formula is C23H19F2NO3. The zero-order chi connectivity index (χ0) is 20.8. The van der Waals surface area contributed by atoms with Crippen molar-refractivity contribution in [3.05, 3.63) is 107 Å². The predicted octanol–water partition coefficient (Wildman–Crippen LogP) is 3.91. The normalized spacial score (nSPS) is 11.8. The average Bonchev–Trinajstić information content (AvgIpc) is 2.72. The number of carbonyl (C=O) groups excluding carboxylic acids is 1. The number of rotatable bonds is 7. The van der Waals surface area contributed by atoms with E-state index in [-0.39, 0.29) is 0 Å². The maximum Gasteiger partial charge on any atom is 0.327 e. The molecule has 29 heavy (non-hydrogen) atoms. The van der Waals surface area contributed by atoms with E-state index in [4.69, 9.17) is 0 Å². The van der Waals surface area contributed by atoms with E-state index >= 15 is 0 Å². The van der Waals surface area contributed by atoms with Gasteiger partial charge in [-0.3, -0.25) is 4.79 Å². The quantitative estimate of drug-likeness (QED) is 0.638. The van der Waals surface area contributed by atoms with Gasteiger partial charge in [-0.25, -0.2) is 13.6 Å². The van der Waals surface area contributed by atoms with Gasteiger partial charge in [0.2, 0.25) is 5.91 Å². The molecule has 0 saturated heterocycles. The Morgan fingerprint density at radius 2 is 1.28 bits per heavy atom. The van der Waals surface area contributed by atoms with Crippen LogP contribution in [0, 0.1) is 11.6 Å². The summed E-state index contributed by atoms with van der Waals surface area (Å²) in [6.45, 7) is 0. The van der Waals surface area contributed by atoms with Crippen LogP contribution in [-0.2, 0) is 16.0 Å². The van der Waals surface area contributed by atoms with E-state index in [1.165, 1.54) is 6.07 Å². The second-order valence-electron chi connectivity index (χ2n) is 6.56. The Kier molecular flexibility index (Phi) is 6.34. The number of carboxylic acid groups (broad SMARTS) is 1. The van der Waals surface area contributed by atoms with Crippen LogP contribution in [0.4, 0.5) is 8.78 Å². The second kappa shape index (κ2) is 9.10. The predicted molar refractivity (Wildman–Crippen MR) is 104 cm³/mol. The summed E-state index contributed by atoms with van der Waals surface area (Å²) in [5.74, 6) is -4.41. The zero-order valence-electron chi connectivity index (χ0n) is 15.4. The van der Waals surface area contributed by atoms with Crippen molar-refractivity contribution >= 4 is 11.9 Å². The van der Waals surface area contributed by atoms with Crippen LogP contribution < -0.4 is 5.32 Å². The summed E-state index contributed by atoms with van der Waals surface area (Å²) in [7, 11) is 0. The van der Waals surface area contributed by atoms with Crippen molar-refractivity contribution in [1.82, 2.24) is 5.32 Å². The molecule has 0 aliphatic heterocycles. The highest BCUT2D eigenvalue weighted by Crippen LogP contribution is 2.28. The molecule has 0 aromatic heterocycles. The first-order chi connectivity index (χ1) is 14.0. The van der Waals surface area contributed by atoms with Crippen LogP contribution in [0.3, 0.4) is 0 Å². The molecule has 0 radical (unpaired) electrons. The molecule has 3 aromatic rings. The molecule has 2 N–H and O–H groups in total. The monoisotopic (exact) mass is 395 g/mol. The lowest BCUT2D eigenvalue weighted by molar-refractivity contribution is -0.142. The molecular weight excluding hydrogens is 376 g/mol. The van der Waals surface area contributed by atoms with Gasteiger partial charge in [0.1, 0.15) is 17.7 Å². The summed E-state index contributed by atoms with van der Waals surface area (Å²) in [5, 5.41) is 12.3. The summed E-state index contributed by atoms with van der Waals surface area (Å²) >= 11 is 0. The number of aliphatic carboxylic acids is 1. The van der Waals surface area contributed by atoms with Crippen LogP contribution in [0.15, 0.2) is 78.9 Å². The largest absolute Gasteiger partial charge is 0.480 e. The minimum atomic E-state index is -1.32. The van der Waals surface area contributed by atoms with E-state index in [1.807, 2.05) is 0 Å². The Bertz CT molecular complexity index is 934. The first-order valence-electron chi connectivity index (χ1n) is 9.02. The van der Waals surface area contributed by atoms with Gasteiger partial charge >= 0.3 is 5.97 Å². The number of carbonyl (C=O) groups is 2. The lowest BCUT2D eigenvalue weighted by Gasteiger charge is -2.26. The summed E-state index contributed by atoms with van der Waals surface area (Å²) in [5.41, 5.74) is 0.997. The first-order valence-corrected chi connectivity index (χ1v) is 9.02. The standard InChI is InChI=1S/C23H19F2NO3/c24-18-12-7-13-19(25)17(18)14-20(27)26-22(23(28)29)21(15-8-3-1-4-9-15)16-10-5-2-6-11-16/h1-13,21-22H,14H2,(H,26,27)(H,28,29)/t22-/m0/s1. The molecule has 1 amide bonds. The van der Waals surface area contributed by atoms with Crippen LogP contribution >= 0.6 is 0 Å². The van der Waals surface area contributed by atoms with Crippen molar-refractivity contribution in [1.29, 1.82) is 0 Å². The van der Waals surface area contributed by atoms with Crippen molar-refractivity contribution in [3.63, 3.8) is 0 Å². The van der Waals surface area contributed by atoms with E-state index in [9.17, 15) is 23.5 Å². The molecule has 0 heterocycles. The van der Waals surface area contributed by atoms with Crippen LogP contribution in [0.25, 0.3) is 0 Å². The van der Waals surface area contributed by atoms with Crippen molar-refractivity contribution in [3.8, 4) is 0 Å². The number of nitrogens with one attached hydrogen (secondary N) is 1. The van der Waals surface area contributed by atoms with Gasteiger partial charge in [0, 0.05) is 11.5 Å². The van der Waals surface area contributed by atoms with E-state index in [1.54, 1.807) is 60.7 Å². The van der Waals surface area contributed by atoms with Crippen LogP contribution in [0.5, 0.6) is 0 Å². The Labute approximate surface area is 166 Å². The Morgan fingerprint density at radius 1 is 0.793 bits per heavy atom. The molecule has 4 nitrogen and oxygen atoms in total. The van der Waals surface area contributed by atoms with Gasteiger partial charge in [-0.1, -0.05) is 66.7 Å². The number of amides is 1. The van der Waals surface area contributed by atoms with Crippen molar-refractivity contribution in [2.75, 3.05) is 0 Å². The van der Waals surface area contributed by atoms with Gasteiger partial charge < -0.3 is 10.4 Å². The lowest BCUT2D eigenvalue weighted by Crippen LogP contribution is -2.46. The molecule has 0 saturated carbocycles. The third kappa shape index (κ3) is 4.85. The number of hydrogen-bond acceptors (Lipinski definition) is 2. The lowest BCUT2D eigenvalue weighted by atomic mass is 9.85. The molecule has 6 heteroatoms. The van der Waals surface area contributed by atoms with E-state index in [2.05, 4.69) is 5.32 Å². The maximum atomic E-state index is 13.9. The fraction of sp³-hybridized carbons (Fsp3) is 0.130. The molecule has 0 fully saturated rings. The smallest absolute Gasteiger partial charge is 0.327 e. The summed E-state index contributed by atoms with van der Waals surface area (Å²) in [6, 6.07) is 19.8. The van der Waals surface area contributed by atoms with Crippen LogP contribution in [0.2, 0.25) is 0 Å². The third-order valence-electron chi connectivity index (χ3n) is 4.63. The fourth-order valence-corrected chi connectivity index (χ4v) is 3.27. The van der Waals surface area contributed by atoms with Crippen LogP contribution in [-0.4, -0.2) is 23.0 Å². The van der Waals surface area contributed by atoms with Crippen molar-refractivity contribution < 1.29 is 23.5 Å². The average molecular weight is 395 g/mol. The fourth-order valence-electron chi connectivity index (χ4n) is 3.27.